The summed E-state index contributed by atoms with van der Waals surface area (Å²) in [6.07, 6.45) is 15.8. The number of benzene rings is 1. The summed E-state index contributed by atoms with van der Waals surface area (Å²) in [6.45, 7) is 2.32. The summed E-state index contributed by atoms with van der Waals surface area (Å²) in [5.74, 6) is 3.38. The maximum absolute atomic E-state index is 11.2. The fraction of sp³-hybridized carbons (Fsp3) is 0.458. The molecular weight excluding hydrogens is 320 g/mol. The van der Waals surface area contributed by atoms with E-state index in [1.54, 1.807) is 0 Å². The van der Waals surface area contributed by atoms with Crippen LogP contribution in [0.1, 0.15) is 49.7 Å². The van der Waals surface area contributed by atoms with Gasteiger partial charge >= 0.3 is 0 Å². The number of hydrogen-bond acceptors (Lipinski definition) is 2. The van der Waals surface area contributed by atoms with E-state index in [1.165, 1.54) is 29.0 Å². The van der Waals surface area contributed by atoms with Crippen LogP contribution in [-0.4, -0.2) is 16.3 Å². The van der Waals surface area contributed by atoms with Gasteiger partial charge in [0.15, 0.2) is 0 Å². The van der Waals surface area contributed by atoms with E-state index in [9.17, 15) is 10.2 Å². The van der Waals surface area contributed by atoms with Crippen LogP contribution in [0.15, 0.2) is 29.8 Å². The molecule has 0 aromatic heterocycles. The molecule has 0 aliphatic heterocycles. The second kappa shape index (κ2) is 6.12. The highest BCUT2D eigenvalue weighted by atomic mass is 16.3. The Kier molecular flexibility index (Phi) is 3.97. The van der Waals surface area contributed by atoms with Crippen molar-refractivity contribution in [1.29, 1.82) is 0 Å². The standard InChI is InChI=1S/C24H27O2/c1-24-11-10-20-19-9-7-18(25)13-16(19)6-8-21(20)22(24)14-17(23(24)26)12-15-4-2-3-5-15/h2-5,7,9,12-13,20-23,25-26H,6,8,10-11,14H2,1H3/b17-12+/t20-,21-,22+,23?,24+/m1/s1. The minimum atomic E-state index is -0.315. The van der Waals surface area contributed by atoms with Crippen LogP contribution in [0.25, 0.3) is 0 Å². The van der Waals surface area contributed by atoms with Crippen molar-refractivity contribution in [2.75, 3.05) is 0 Å². The van der Waals surface area contributed by atoms with Gasteiger partial charge in [0.1, 0.15) is 5.75 Å². The van der Waals surface area contributed by atoms with Gasteiger partial charge in [0.05, 0.1) is 6.10 Å². The first-order valence-corrected chi connectivity index (χ1v) is 9.98. The smallest absolute Gasteiger partial charge is 0.115 e. The van der Waals surface area contributed by atoms with Crippen LogP contribution in [0.5, 0.6) is 5.75 Å². The van der Waals surface area contributed by atoms with E-state index in [0.29, 0.717) is 23.5 Å². The topological polar surface area (TPSA) is 40.5 Å². The lowest BCUT2D eigenvalue weighted by atomic mass is 9.55. The maximum atomic E-state index is 11.2. The van der Waals surface area contributed by atoms with Crippen molar-refractivity contribution >= 4 is 0 Å². The monoisotopic (exact) mass is 347 g/mol. The van der Waals surface area contributed by atoms with Crippen LogP contribution in [0.4, 0.5) is 0 Å². The molecule has 1 aromatic carbocycles. The van der Waals surface area contributed by atoms with Gasteiger partial charge in [0.2, 0.25) is 0 Å². The molecule has 5 radical (unpaired) electrons. The summed E-state index contributed by atoms with van der Waals surface area (Å²) in [5.41, 5.74) is 4.01. The molecule has 0 spiro atoms. The van der Waals surface area contributed by atoms with Crippen LogP contribution < -0.4 is 0 Å². The number of aromatic hydroxyl groups is 1. The largest absolute Gasteiger partial charge is 0.508 e. The Hall–Kier alpha value is -1.28. The van der Waals surface area contributed by atoms with Crippen molar-refractivity contribution in [1.82, 2.24) is 0 Å². The molecule has 1 unspecified atom stereocenters. The Labute approximate surface area is 157 Å². The number of rotatable bonds is 1. The molecule has 0 bridgehead atoms. The van der Waals surface area contributed by atoms with Crippen molar-refractivity contribution in [2.45, 2.75) is 51.0 Å². The van der Waals surface area contributed by atoms with E-state index in [1.807, 2.05) is 12.1 Å². The van der Waals surface area contributed by atoms with Gasteiger partial charge in [-0.2, -0.15) is 0 Å². The van der Waals surface area contributed by atoms with Crippen molar-refractivity contribution in [3.05, 3.63) is 72.6 Å². The molecule has 26 heavy (non-hydrogen) atoms. The highest BCUT2D eigenvalue weighted by Crippen LogP contribution is 2.62. The van der Waals surface area contributed by atoms with E-state index in [-0.39, 0.29) is 11.5 Å². The molecule has 0 heterocycles. The molecule has 1 aromatic rings. The predicted octanol–water partition coefficient (Wildman–Crippen LogP) is 4.55. The summed E-state index contributed by atoms with van der Waals surface area (Å²) in [7, 11) is 0. The Morgan fingerprint density at radius 2 is 1.96 bits per heavy atom. The molecule has 135 valence electrons. The van der Waals surface area contributed by atoms with Crippen molar-refractivity contribution in [3.8, 4) is 5.75 Å². The van der Waals surface area contributed by atoms with E-state index >= 15 is 0 Å². The van der Waals surface area contributed by atoms with Gasteiger partial charge in [-0.05, 0) is 104 Å². The maximum Gasteiger partial charge on any atom is 0.115 e. The first-order chi connectivity index (χ1) is 12.6. The number of phenols is 1. The number of aliphatic hydroxyl groups is 1. The van der Waals surface area contributed by atoms with E-state index in [2.05, 4.69) is 44.7 Å². The van der Waals surface area contributed by atoms with Crippen LogP contribution in [0, 0.1) is 48.9 Å². The van der Waals surface area contributed by atoms with Crippen molar-refractivity contribution in [3.63, 3.8) is 0 Å². The minimum absolute atomic E-state index is 0.00795. The van der Waals surface area contributed by atoms with Crippen LogP contribution in [0.2, 0.25) is 0 Å². The summed E-state index contributed by atoms with van der Waals surface area (Å²) in [6, 6.07) is 5.96. The zero-order chi connectivity index (χ0) is 17.9. The highest BCUT2D eigenvalue weighted by molar-refractivity contribution is 5.46. The van der Waals surface area contributed by atoms with Crippen molar-refractivity contribution < 1.29 is 10.2 Å². The number of hydrogen-bond donors (Lipinski definition) is 2. The first-order valence-electron chi connectivity index (χ1n) is 9.98. The Morgan fingerprint density at radius 1 is 1.15 bits per heavy atom. The fourth-order valence-corrected chi connectivity index (χ4v) is 6.27. The Morgan fingerprint density at radius 3 is 2.77 bits per heavy atom. The molecule has 3 saturated carbocycles. The van der Waals surface area contributed by atoms with Crippen molar-refractivity contribution in [2.24, 2.45) is 17.3 Å². The van der Waals surface area contributed by atoms with E-state index < -0.39 is 0 Å². The lowest BCUT2D eigenvalue weighted by Gasteiger charge is -2.49. The predicted molar refractivity (Wildman–Crippen MR) is 103 cm³/mol. The molecule has 5 atom stereocenters. The molecule has 4 aliphatic rings. The molecule has 0 amide bonds. The number of aliphatic hydroxyl groups excluding tert-OH is 1. The van der Waals surface area contributed by atoms with E-state index in [0.717, 1.165) is 25.7 Å². The van der Waals surface area contributed by atoms with Gasteiger partial charge in [-0.25, -0.2) is 0 Å². The third-order valence-electron chi connectivity index (χ3n) is 7.62. The average Bonchev–Trinajstić information content (AvgIpc) is 3.23. The molecule has 2 nitrogen and oxygen atoms in total. The van der Waals surface area contributed by atoms with Crippen LogP contribution in [-0.2, 0) is 6.42 Å². The molecule has 4 aliphatic carbocycles. The number of fused-ring (bicyclic) bond motifs is 5. The zero-order valence-electron chi connectivity index (χ0n) is 15.4. The van der Waals surface area contributed by atoms with Gasteiger partial charge in [-0.15, -0.1) is 0 Å². The first kappa shape index (κ1) is 16.9. The Bertz CT molecular complexity index is 730. The van der Waals surface area contributed by atoms with Crippen LogP contribution >= 0.6 is 0 Å². The summed E-state index contributed by atoms with van der Waals surface area (Å²) in [5, 5.41) is 21.0. The molecule has 5 rings (SSSR count). The third kappa shape index (κ3) is 2.48. The molecule has 3 fully saturated rings. The normalized spacial score (nSPS) is 41.1. The number of phenolic OH excluding ortho intramolecular Hbond substituents is 1. The summed E-state index contributed by atoms with van der Waals surface area (Å²) in [4.78, 5) is 0. The summed E-state index contributed by atoms with van der Waals surface area (Å²) < 4.78 is 0. The quantitative estimate of drug-likeness (QED) is 0.782. The van der Waals surface area contributed by atoms with Gasteiger partial charge < -0.3 is 10.2 Å². The number of allylic oxidation sites excluding steroid dienone is 1. The Balaban J connectivity index is 1.45. The minimum Gasteiger partial charge on any atom is -0.508 e. The SMILES string of the molecule is C[C@]12CC[C@@H]3c4ccc(O)cc4CC[C@H]3[C@@H]1C/C(=C\[C]1[CH][CH][CH][CH]1)C2O. The molecule has 2 N–H and O–H groups in total. The van der Waals surface area contributed by atoms with Gasteiger partial charge in [0.25, 0.3) is 0 Å². The van der Waals surface area contributed by atoms with Crippen LogP contribution in [0.3, 0.4) is 0 Å². The van der Waals surface area contributed by atoms with Gasteiger partial charge in [-0.1, -0.05) is 19.1 Å². The average molecular weight is 347 g/mol. The molecular formula is C24H27O2. The highest BCUT2D eigenvalue weighted by Gasteiger charge is 2.56. The second-order valence-electron chi connectivity index (χ2n) is 8.89. The zero-order valence-corrected chi connectivity index (χ0v) is 15.4. The molecule has 0 saturated heterocycles. The summed E-state index contributed by atoms with van der Waals surface area (Å²) >= 11 is 0. The lowest BCUT2D eigenvalue weighted by molar-refractivity contribution is -0.0160. The second-order valence-corrected chi connectivity index (χ2v) is 8.89. The molecule has 2 heteroatoms. The fourth-order valence-electron chi connectivity index (χ4n) is 6.27. The third-order valence-corrected chi connectivity index (χ3v) is 7.62. The van der Waals surface area contributed by atoms with Gasteiger partial charge in [-0.3, -0.25) is 0 Å². The van der Waals surface area contributed by atoms with Gasteiger partial charge in [0, 0.05) is 11.3 Å². The lowest BCUT2D eigenvalue weighted by Crippen LogP contribution is -2.44. The van der Waals surface area contributed by atoms with E-state index in [4.69, 9.17) is 0 Å². The number of aryl methyl sites for hydroxylation is 1.